The monoisotopic (exact) mass is 580 g/mol. The van der Waals surface area contributed by atoms with E-state index in [0.29, 0.717) is 11.4 Å². The maximum Gasteiger partial charge on any atom is 0.203 e. The van der Waals surface area contributed by atoms with E-state index in [1.165, 1.54) is 12.2 Å². The lowest BCUT2D eigenvalue weighted by Gasteiger charge is -2.32. The second-order valence-corrected chi connectivity index (χ2v) is 9.06. The third kappa shape index (κ3) is 11.4. The van der Waals surface area contributed by atoms with Gasteiger partial charge in [-0.2, -0.15) is 0 Å². The second-order valence-electron chi connectivity index (χ2n) is 9.06. The van der Waals surface area contributed by atoms with E-state index in [9.17, 15) is 9.59 Å². The zero-order valence-corrected chi connectivity index (χ0v) is 24.3. The molecule has 0 aromatic carbocycles. The number of carbonyl (C=O) groups excluding carboxylic acids is 2. The van der Waals surface area contributed by atoms with Crippen molar-refractivity contribution in [1.29, 1.82) is 0 Å². The molecule has 0 bridgehead atoms. The third-order valence-corrected chi connectivity index (χ3v) is 7.02. The highest BCUT2D eigenvalue weighted by Crippen LogP contribution is 2.10. The molecule has 0 fully saturated rings. The summed E-state index contributed by atoms with van der Waals surface area (Å²) >= 11 is 0. The molecule has 188 valence electrons. The molecule has 0 saturated carbocycles. The first-order valence-electron chi connectivity index (χ1n) is 11.9. The highest BCUT2D eigenvalue weighted by molar-refractivity contribution is 6.19. The zero-order valence-electron chi connectivity index (χ0n) is 21.1. The number of halogens is 2. The van der Waals surface area contributed by atoms with E-state index in [2.05, 4.69) is 52.4 Å². The van der Waals surface area contributed by atoms with Gasteiger partial charge in [0, 0.05) is 25.2 Å². The average Bonchev–Trinajstić information content (AvgIpc) is 2.75. The first-order valence-corrected chi connectivity index (χ1v) is 11.9. The van der Waals surface area contributed by atoms with E-state index >= 15 is 0 Å². The SMILES string of the molecule is CC[N+](C)(CC)CCCCNC1=CC(=O)C(NCCCC[N+](C)(CC)CC)=CC1=O.[Br-].[Br-]. The van der Waals surface area contributed by atoms with E-state index in [1.54, 1.807) is 0 Å². The van der Waals surface area contributed by atoms with Gasteiger partial charge in [-0.1, -0.05) is 0 Å². The average molecular weight is 582 g/mol. The Kier molecular flexibility index (Phi) is 17.6. The zero-order chi connectivity index (χ0) is 22.6. The molecule has 0 spiro atoms. The number of rotatable bonds is 16. The van der Waals surface area contributed by atoms with Crippen LogP contribution in [-0.2, 0) is 9.59 Å². The predicted molar refractivity (Wildman–Crippen MR) is 125 cm³/mol. The number of carbonyl (C=O) groups is 2. The fourth-order valence-electron chi connectivity index (χ4n) is 3.60. The lowest BCUT2D eigenvalue weighted by atomic mass is 10.1. The van der Waals surface area contributed by atoms with Crippen LogP contribution in [0.2, 0.25) is 0 Å². The minimum atomic E-state index is -0.110. The van der Waals surface area contributed by atoms with Crippen molar-refractivity contribution >= 4 is 11.6 Å². The summed E-state index contributed by atoms with van der Waals surface area (Å²) in [6, 6.07) is 0. The molecule has 0 heterocycles. The van der Waals surface area contributed by atoms with Gasteiger partial charge < -0.3 is 53.6 Å². The van der Waals surface area contributed by atoms with Crippen molar-refractivity contribution in [3.8, 4) is 0 Å². The van der Waals surface area contributed by atoms with Crippen LogP contribution in [0.1, 0.15) is 53.4 Å². The Morgan fingerprint density at radius 1 is 0.625 bits per heavy atom. The van der Waals surface area contributed by atoms with E-state index in [0.717, 1.165) is 87.0 Å². The Hall–Kier alpha value is -0.700. The van der Waals surface area contributed by atoms with Gasteiger partial charge in [-0.05, 0) is 53.4 Å². The van der Waals surface area contributed by atoms with Gasteiger partial charge in [0.15, 0.2) is 0 Å². The molecular formula is C24H46Br2N4O2. The van der Waals surface area contributed by atoms with E-state index < -0.39 is 0 Å². The summed E-state index contributed by atoms with van der Waals surface area (Å²) in [6.07, 6.45) is 7.10. The fraction of sp³-hybridized carbons (Fsp3) is 0.750. The number of ketones is 2. The van der Waals surface area contributed by atoms with Crippen molar-refractivity contribution in [3.05, 3.63) is 23.5 Å². The van der Waals surface area contributed by atoms with Crippen LogP contribution in [0.3, 0.4) is 0 Å². The third-order valence-electron chi connectivity index (χ3n) is 7.02. The molecule has 0 aliphatic heterocycles. The Bertz CT molecular complexity index is 573. The summed E-state index contributed by atoms with van der Waals surface area (Å²) in [5.74, 6) is -0.220. The van der Waals surface area contributed by atoms with E-state index in [-0.39, 0.29) is 45.5 Å². The molecule has 0 atom stereocenters. The summed E-state index contributed by atoms with van der Waals surface area (Å²) in [4.78, 5) is 24.7. The number of unbranched alkanes of at least 4 members (excludes halogenated alkanes) is 2. The Labute approximate surface area is 217 Å². The molecule has 0 saturated heterocycles. The lowest BCUT2D eigenvalue weighted by Crippen LogP contribution is -3.00. The topological polar surface area (TPSA) is 58.2 Å². The molecule has 0 aromatic rings. The van der Waals surface area contributed by atoms with Crippen LogP contribution >= 0.6 is 0 Å². The van der Waals surface area contributed by atoms with Crippen molar-refractivity contribution in [2.45, 2.75) is 53.4 Å². The van der Waals surface area contributed by atoms with Crippen molar-refractivity contribution in [3.63, 3.8) is 0 Å². The van der Waals surface area contributed by atoms with Crippen LogP contribution in [0, 0.1) is 0 Å². The minimum absolute atomic E-state index is 0. The second kappa shape index (κ2) is 16.8. The minimum Gasteiger partial charge on any atom is -1.00 e. The summed E-state index contributed by atoms with van der Waals surface area (Å²) < 4.78 is 2.15. The van der Waals surface area contributed by atoms with E-state index in [4.69, 9.17) is 0 Å². The number of quaternary nitrogens is 2. The van der Waals surface area contributed by atoms with Crippen LogP contribution in [0.25, 0.3) is 0 Å². The first kappa shape index (κ1) is 33.5. The number of hydrogen-bond donors (Lipinski definition) is 2. The molecule has 1 rings (SSSR count). The molecule has 8 heteroatoms. The molecule has 6 nitrogen and oxygen atoms in total. The van der Waals surface area contributed by atoms with Gasteiger partial charge in [-0.3, -0.25) is 9.59 Å². The van der Waals surface area contributed by atoms with Crippen LogP contribution in [0.4, 0.5) is 0 Å². The normalized spacial score (nSPS) is 14.2. The van der Waals surface area contributed by atoms with E-state index in [1.807, 2.05) is 0 Å². The highest BCUT2D eigenvalue weighted by atomic mass is 79.9. The van der Waals surface area contributed by atoms with Crippen LogP contribution in [-0.4, -0.2) is 87.0 Å². The number of nitrogens with one attached hydrogen (secondary N) is 2. The van der Waals surface area contributed by atoms with Gasteiger partial charge >= 0.3 is 0 Å². The molecule has 32 heavy (non-hydrogen) atoms. The van der Waals surface area contributed by atoms with Crippen LogP contribution < -0.4 is 44.6 Å². The Morgan fingerprint density at radius 3 is 1.22 bits per heavy atom. The largest absolute Gasteiger partial charge is 1.00 e. The fourth-order valence-corrected chi connectivity index (χ4v) is 3.60. The van der Waals surface area contributed by atoms with Gasteiger partial charge in [-0.15, -0.1) is 0 Å². The smallest absolute Gasteiger partial charge is 0.203 e. The van der Waals surface area contributed by atoms with Crippen molar-refractivity contribution < 1.29 is 52.5 Å². The molecule has 0 unspecified atom stereocenters. The van der Waals surface area contributed by atoms with Gasteiger partial charge in [-0.25, -0.2) is 0 Å². The summed E-state index contributed by atoms with van der Waals surface area (Å²) in [5.41, 5.74) is 0.848. The van der Waals surface area contributed by atoms with Crippen LogP contribution in [0.5, 0.6) is 0 Å². The van der Waals surface area contributed by atoms with Crippen LogP contribution in [0.15, 0.2) is 23.5 Å². The Morgan fingerprint density at radius 2 is 0.938 bits per heavy atom. The predicted octanol–water partition coefficient (Wildman–Crippen LogP) is -3.37. The summed E-state index contributed by atoms with van der Waals surface area (Å²) in [5, 5.41) is 6.32. The quantitative estimate of drug-likeness (QED) is 0.114. The molecule has 2 N–H and O–H groups in total. The summed E-state index contributed by atoms with van der Waals surface area (Å²) in [6.45, 7) is 17.2. The number of allylic oxidation sites excluding steroid dienone is 2. The maximum atomic E-state index is 12.4. The number of nitrogens with zero attached hydrogens (tertiary/aromatic N) is 2. The Balaban J connectivity index is 0. The van der Waals surface area contributed by atoms with Gasteiger partial charge in [0.25, 0.3) is 0 Å². The van der Waals surface area contributed by atoms with Gasteiger partial charge in [0.05, 0.1) is 64.8 Å². The number of hydrogen-bond acceptors (Lipinski definition) is 4. The molecule has 0 aromatic heterocycles. The molecule has 1 aliphatic carbocycles. The van der Waals surface area contributed by atoms with Gasteiger partial charge in [0.2, 0.25) is 11.6 Å². The van der Waals surface area contributed by atoms with Gasteiger partial charge in [0.1, 0.15) is 0 Å². The van der Waals surface area contributed by atoms with Crippen molar-refractivity contribution in [1.82, 2.24) is 10.6 Å². The van der Waals surface area contributed by atoms with Crippen molar-refractivity contribution in [2.75, 3.05) is 66.5 Å². The molecule has 0 radical (unpaired) electrons. The van der Waals surface area contributed by atoms with Crippen molar-refractivity contribution in [2.24, 2.45) is 0 Å². The first-order chi connectivity index (χ1) is 14.2. The molecular weight excluding hydrogens is 536 g/mol. The molecule has 1 aliphatic rings. The standard InChI is InChI=1S/C24H44N4O2.2BrH/c1-7-27(5,8-2)17-13-11-15-25-21-19-24(30)22(20-23(21)29)26-16-12-14-18-28(6,9-3)10-4;;/h19-20H,7-18H2,1-6H3;2*1H. The summed E-state index contributed by atoms with van der Waals surface area (Å²) in [7, 11) is 4.56. The lowest BCUT2D eigenvalue weighted by molar-refractivity contribution is -0.906. The molecule has 0 amide bonds. The highest BCUT2D eigenvalue weighted by Gasteiger charge is 2.20. The maximum absolute atomic E-state index is 12.4.